The fourth-order valence-electron chi connectivity index (χ4n) is 2.24. The Balaban J connectivity index is 1.80. The summed E-state index contributed by atoms with van der Waals surface area (Å²) in [4.78, 5) is 11.6. The van der Waals surface area contributed by atoms with Gasteiger partial charge in [0.05, 0.1) is 6.04 Å². The minimum Gasteiger partial charge on any atom is -0.396 e. The molecule has 14 heavy (non-hydrogen) atoms. The van der Waals surface area contributed by atoms with Gasteiger partial charge in [0.15, 0.2) is 0 Å². The highest BCUT2D eigenvalue weighted by Gasteiger charge is 2.31. The molecule has 1 saturated heterocycles. The van der Waals surface area contributed by atoms with E-state index in [-0.39, 0.29) is 30.5 Å². The van der Waals surface area contributed by atoms with E-state index in [0.717, 1.165) is 32.2 Å². The third-order valence-corrected chi connectivity index (χ3v) is 3.36. The molecule has 0 radical (unpaired) electrons. The van der Waals surface area contributed by atoms with E-state index in [1.165, 1.54) is 0 Å². The van der Waals surface area contributed by atoms with E-state index in [9.17, 15) is 4.79 Å². The summed E-state index contributed by atoms with van der Waals surface area (Å²) in [6.07, 6.45) is 4.12. The molecule has 1 aliphatic carbocycles. The molecule has 3 unspecified atom stereocenters. The zero-order valence-electron chi connectivity index (χ0n) is 8.33. The van der Waals surface area contributed by atoms with Gasteiger partial charge in [-0.15, -0.1) is 0 Å². The summed E-state index contributed by atoms with van der Waals surface area (Å²) in [5.74, 6) is 0.389. The van der Waals surface area contributed by atoms with Crippen molar-refractivity contribution in [3.63, 3.8) is 0 Å². The maximum Gasteiger partial charge on any atom is 0.237 e. The molecule has 0 bridgehead atoms. The number of nitrogens with one attached hydrogen (secondary N) is 2. The Bertz CT molecular complexity index is 216. The van der Waals surface area contributed by atoms with Crippen LogP contribution < -0.4 is 10.6 Å². The van der Waals surface area contributed by atoms with Gasteiger partial charge in [-0.3, -0.25) is 4.79 Å². The van der Waals surface area contributed by atoms with Gasteiger partial charge in [-0.05, 0) is 25.8 Å². The van der Waals surface area contributed by atoms with E-state index in [4.69, 9.17) is 5.11 Å². The number of rotatable bonds is 3. The third kappa shape index (κ3) is 1.91. The van der Waals surface area contributed by atoms with Crippen LogP contribution in [0.3, 0.4) is 0 Å². The quantitative estimate of drug-likeness (QED) is 0.579. The van der Waals surface area contributed by atoms with E-state index in [1.54, 1.807) is 0 Å². The molecule has 2 aliphatic rings. The number of hydrogen-bond acceptors (Lipinski definition) is 3. The Morgan fingerprint density at radius 1 is 1.43 bits per heavy atom. The molecule has 80 valence electrons. The summed E-state index contributed by atoms with van der Waals surface area (Å²) < 4.78 is 0. The van der Waals surface area contributed by atoms with Gasteiger partial charge < -0.3 is 15.7 Å². The van der Waals surface area contributed by atoms with Crippen molar-refractivity contribution >= 4 is 5.91 Å². The molecule has 2 rings (SSSR count). The first-order valence-corrected chi connectivity index (χ1v) is 5.46. The van der Waals surface area contributed by atoms with Crippen molar-refractivity contribution in [2.75, 3.05) is 13.2 Å². The smallest absolute Gasteiger partial charge is 0.237 e. The van der Waals surface area contributed by atoms with Crippen LogP contribution in [0.2, 0.25) is 0 Å². The largest absolute Gasteiger partial charge is 0.396 e. The lowest BCUT2D eigenvalue weighted by Crippen LogP contribution is -2.55. The van der Waals surface area contributed by atoms with Crippen LogP contribution in [0.15, 0.2) is 0 Å². The van der Waals surface area contributed by atoms with Gasteiger partial charge in [0.25, 0.3) is 0 Å². The van der Waals surface area contributed by atoms with Gasteiger partial charge in [0, 0.05) is 18.6 Å². The SMILES string of the molecule is O=C(NC1CCCC1CO)C1CCN1. The predicted octanol–water partition coefficient (Wildman–Crippen LogP) is -0.375. The molecule has 1 amide bonds. The normalized spacial score (nSPS) is 36.5. The zero-order valence-corrected chi connectivity index (χ0v) is 8.33. The second kappa shape index (κ2) is 4.28. The van der Waals surface area contributed by atoms with Crippen molar-refractivity contribution in [1.29, 1.82) is 0 Å². The molecule has 1 aliphatic heterocycles. The second-order valence-electron chi connectivity index (χ2n) is 4.28. The van der Waals surface area contributed by atoms with Crippen molar-refractivity contribution in [2.24, 2.45) is 5.92 Å². The Kier molecular flexibility index (Phi) is 3.03. The fourth-order valence-corrected chi connectivity index (χ4v) is 2.24. The van der Waals surface area contributed by atoms with Crippen LogP contribution >= 0.6 is 0 Å². The highest BCUT2D eigenvalue weighted by atomic mass is 16.3. The summed E-state index contributed by atoms with van der Waals surface area (Å²) in [5.41, 5.74) is 0. The average molecular weight is 198 g/mol. The first-order chi connectivity index (χ1) is 6.81. The molecular weight excluding hydrogens is 180 g/mol. The molecule has 0 aromatic heterocycles. The summed E-state index contributed by atoms with van der Waals surface area (Å²) in [5, 5.41) is 15.2. The number of carbonyl (C=O) groups excluding carboxylic acids is 1. The number of aliphatic hydroxyl groups excluding tert-OH is 1. The van der Waals surface area contributed by atoms with Gasteiger partial charge in [-0.2, -0.15) is 0 Å². The molecule has 3 atom stereocenters. The molecule has 2 fully saturated rings. The molecule has 0 aromatic carbocycles. The van der Waals surface area contributed by atoms with Crippen LogP contribution in [0.25, 0.3) is 0 Å². The second-order valence-corrected chi connectivity index (χ2v) is 4.28. The number of carbonyl (C=O) groups is 1. The maximum atomic E-state index is 11.6. The Morgan fingerprint density at radius 2 is 2.21 bits per heavy atom. The standard InChI is InChI=1S/C10H18N2O2/c13-6-7-2-1-3-8(7)12-10(14)9-4-5-11-9/h7-9,11,13H,1-6H2,(H,12,14). The van der Waals surface area contributed by atoms with Crippen LogP contribution in [0, 0.1) is 5.92 Å². The van der Waals surface area contributed by atoms with E-state index >= 15 is 0 Å². The molecule has 4 nitrogen and oxygen atoms in total. The van der Waals surface area contributed by atoms with Crippen LogP contribution in [-0.2, 0) is 4.79 Å². The number of aliphatic hydroxyl groups is 1. The highest BCUT2D eigenvalue weighted by molar-refractivity contribution is 5.82. The summed E-state index contributed by atoms with van der Waals surface area (Å²) in [7, 11) is 0. The Morgan fingerprint density at radius 3 is 2.79 bits per heavy atom. The lowest BCUT2D eigenvalue weighted by molar-refractivity contribution is -0.125. The van der Waals surface area contributed by atoms with Crippen LogP contribution in [0.1, 0.15) is 25.7 Å². The van der Waals surface area contributed by atoms with E-state index in [1.807, 2.05) is 0 Å². The van der Waals surface area contributed by atoms with Gasteiger partial charge in [0.1, 0.15) is 0 Å². The molecule has 0 aromatic rings. The molecule has 4 heteroatoms. The van der Waals surface area contributed by atoms with Crippen LogP contribution in [-0.4, -0.2) is 36.2 Å². The van der Waals surface area contributed by atoms with Gasteiger partial charge in [-0.1, -0.05) is 6.42 Å². The number of hydrogen-bond donors (Lipinski definition) is 3. The first kappa shape index (κ1) is 9.93. The summed E-state index contributed by atoms with van der Waals surface area (Å²) in [6, 6.07) is 0.227. The lowest BCUT2D eigenvalue weighted by atomic mass is 10.0. The molecule has 1 saturated carbocycles. The third-order valence-electron chi connectivity index (χ3n) is 3.36. The molecule has 3 N–H and O–H groups in total. The minimum absolute atomic E-state index is 0.0231. The van der Waals surface area contributed by atoms with Crippen molar-refractivity contribution < 1.29 is 9.90 Å². The average Bonchev–Trinajstić information content (AvgIpc) is 2.48. The maximum absolute atomic E-state index is 11.6. The number of amides is 1. The fraction of sp³-hybridized carbons (Fsp3) is 0.900. The van der Waals surface area contributed by atoms with E-state index in [2.05, 4.69) is 10.6 Å². The monoisotopic (exact) mass is 198 g/mol. The van der Waals surface area contributed by atoms with E-state index in [0.29, 0.717) is 0 Å². The Hall–Kier alpha value is -0.610. The molecule has 1 heterocycles. The zero-order chi connectivity index (χ0) is 9.97. The van der Waals surface area contributed by atoms with Crippen molar-refractivity contribution in [3.8, 4) is 0 Å². The topological polar surface area (TPSA) is 61.4 Å². The van der Waals surface area contributed by atoms with Crippen LogP contribution in [0.5, 0.6) is 0 Å². The molecular formula is C10H18N2O2. The van der Waals surface area contributed by atoms with Crippen molar-refractivity contribution in [3.05, 3.63) is 0 Å². The van der Waals surface area contributed by atoms with Gasteiger partial charge in [-0.25, -0.2) is 0 Å². The minimum atomic E-state index is 0.0231. The summed E-state index contributed by atoms with van der Waals surface area (Å²) in [6.45, 7) is 1.15. The summed E-state index contributed by atoms with van der Waals surface area (Å²) >= 11 is 0. The highest BCUT2D eigenvalue weighted by Crippen LogP contribution is 2.25. The van der Waals surface area contributed by atoms with Gasteiger partial charge >= 0.3 is 0 Å². The predicted molar refractivity (Wildman–Crippen MR) is 52.8 cm³/mol. The van der Waals surface area contributed by atoms with Crippen LogP contribution in [0.4, 0.5) is 0 Å². The Labute approximate surface area is 84.1 Å². The van der Waals surface area contributed by atoms with E-state index < -0.39 is 0 Å². The first-order valence-electron chi connectivity index (χ1n) is 5.46. The van der Waals surface area contributed by atoms with Crippen molar-refractivity contribution in [2.45, 2.75) is 37.8 Å². The lowest BCUT2D eigenvalue weighted by Gasteiger charge is -2.29. The van der Waals surface area contributed by atoms with Gasteiger partial charge in [0.2, 0.25) is 5.91 Å². The van der Waals surface area contributed by atoms with Crippen molar-refractivity contribution in [1.82, 2.24) is 10.6 Å². The molecule has 0 spiro atoms.